The second kappa shape index (κ2) is 6.92. The van der Waals surface area contributed by atoms with Crippen LogP contribution in [-0.2, 0) is 4.74 Å². The molecule has 0 saturated carbocycles. The van der Waals surface area contributed by atoms with E-state index in [1.165, 1.54) is 17.4 Å². The number of rotatable bonds is 3. The average Bonchev–Trinajstić information content (AvgIpc) is 3.02. The summed E-state index contributed by atoms with van der Waals surface area (Å²) in [5, 5.41) is 4.64. The van der Waals surface area contributed by atoms with Gasteiger partial charge in [-0.25, -0.2) is 9.78 Å². The predicted molar refractivity (Wildman–Crippen MR) is 96.4 cm³/mol. The number of H-pyrrole nitrogens is 1. The van der Waals surface area contributed by atoms with Crippen LogP contribution in [0.5, 0.6) is 0 Å². The van der Waals surface area contributed by atoms with Crippen LogP contribution in [0.25, 0.3) is 11.3 Å². The number of hydrogen-bond acceptors (Lipinski definition) is 5. The summed E-state index contributed by atoms with van der Waals surface area (Å²) in [6.45, 7) is 5.30. The van der Waals surface area contributed by atoms with Crippen LogP contribution >= 0.6 is 46.1 Å². The first-order chi connectivity index (χ1) is 11.0. The minimum absolute atomic E-state index is 0.152. The van der Waals surface area contributed by atoms with Crippen molar-refractivity contribution in [2.75, 3.05) is 5.32 Å². The average molecular weight is 411 g/mol. The highest BCUT2D eigenvalue weighted by Crippen LogP contribution is 2.32. The van der Waals surface area contributed by atoms with Gasteiger partial charge in [-0.05, 0) is 26.8 Å². The summed E-state index contributed by atoms with van der Waals surface area (Å²) in [5.41, 5.74) is 0.739. The highest BCUT2D eigenvalue weighted by molar-refractivity contribution is 7.14. The molecule has 2 heterocycles. The van der Waals surface area contributed by atoms with E-state index in [-0.39, 0.29) is 5.69 Å². The van der Waals surface area contributed by atoms with Gasteiger partial charge in [0.05, 0.1) is 11.4 Å². The van der Waals surface area contributed by atoms with E-state index >= 15 is 0 Å². The van der Waals surface area contributed by atoms with Crippen molar-refractivity contribution < 1.29 is 14.3 Å². The third-order valence-corrected chi connectivity index (χ3v) is 3.87. The van der Waals surface area contributed by atoms with Crippen molar-refractivity contribution in [3.8, 4) is 11.3 Å². The van der Waals surface area contributed by atoms with E-state index in [0.717, 1.165) is 0 Å². The van der Waals surface area contributed by atoms with Crippen molar-refractivity contribution in [1.82, 2.24) is 9.97 Å². The lowest BCUT2D eigenvalue weighted by Crippen LogP contribution is -2.27. The van der Waals surface area contributed by atoms with Crippen molar-refractivity contribution in [3.63, 3.8) is 0 Å². The molecule has 2 aromatic heterocycles. The first-order valence-electron chi connectivity index (χ1n) is 6.71. The second-order valence-corrected chi connectivity index (χ2v) is 8.93. The number of aromatic amines is 1. The highest BCUT2D eigenvalue weighted by atomic mass is 35.6. The normalized spacial score (nSPS) is 12.1. The maximum atomic E-state index is 11.9. The van der Waals surface area contributed by atoms with Crippen LogP contribution in [0.3, 0.4) is 0 Å². The molecule has 0 aliphatic heterocycles. The smallest absolute Gasteiger partial charge is 0.413 e. The molecule has 0 bridgehead atoms. The van der Waals surface area contributed by atoms with Gasteiger partial charge in [-0.15, -0.1) is 11.3 Å². The van der Waals surface area contributed by atoms with Crippen LogP contribution in [0.1, 0.15) is 31.3 Å². The maximum absolute atomic E-state index is 11.9. The van der Waals surface area contributed by atoms with Crippen molar-refractivity contribution >= 4 is 63.1 Å². The lowest BCUT2D eigenvalue weighted by molar-refractivity contribution is 0.0635. The predicted octanol–water partition coefficient (Wildman–Crippen LogP) is 5.04. The number of ketones is 1. The Morgan fingerprint density at radius 1 is 1.29 bits per heavy atom. The van der Waals surface area contributed by atoms with Gasteiger partial charge >= 0.3 is 6.09 Å². The van der Waals surface area contributed by atoms with Gasteiger partial charge in [0.2, 0.25) is 5.78 Å². The lowest BCUT2D eigenvalue weighted by atomic mass is 10.2. The van der Waals surface area contributed by atoms with Crippen LogP contribution in [0.2, 0.25) is 0 Å². The zero-order valence-electron chi connectivity index (χ0n) is 12.9. The van der Waals surface area contributed by atoms with Crippen LogP contribution in [-0.4, -0.2) is 31.2 Å². The lowest BCUT2D eigenvalue weighted by Gasteiger charge is -2.18. The molecule has 0 unspecified atom stereocenters. The summed E-state index contributed by atoms with van der Waals surface area (Å²) in [6.07, 6.45) is 0.972. The maximum Gasteiger partial charge on any atom is 0.413 e. The molecule has 2 N–H and O–H groups in total. The molecule has 0 aliphatic rings. The topological polar surface area (TPSA) is 84.1 Å². The molecule has 1 amide bonds. The number of Topliss-reactive ketones (excluding diaryl/α,β-unsaturated/α-hetero) is 1. The number of carbonyl (C=O) groups excluding carboxylic acids is 2. The third-order valence-electron chi connectivity index (χ3n) is 2.59. The summed E-state index contributed by atoms with van der Waals surface area (Å²) in [5.74, 6) is -0.666. The Bertz CT molecular complexity index is 759. The Labute approximate surface area is 157 Å². The molecule has 0 fully saturated rings. The molecule has 2 aromatic rings. The van der Waals surface area contributed by atoms with Gasteiger partial charge in [-0.3, -0.25) is 10.1 Å². The number of nitrogens with one attached hydrogen (secondary N) is 2. The SMILES string of the molecule is CC(C)(C)OC(=O)Nc1nc(-c2c[nH]c(C(=O)C(Cl)(Cl)Cl)c2)cs1. The molecular formula is C14H14Cl3N3O3S. The van der Waals surface area contributed by atoms with E-state index in [1.807, 2.05) is 0 Å². The fourth-order valence-electron chi connectivity index (χ4n) is 1.68. The summed E-state index contributed by atoms with van der Waals surface area (Å²) in [7, 11) is 0. The number of carbonyl (C=O) groups is 2. The van der Waals surface area contributed by atoms with Crippen molar-refractivity contribution in [2.24, 2.45) is 0 Å². The number of aromatic nitrogens is 2. The summed E-state index contributed by atoms with van der Waals surface area (Å²) >= 11 is 17.9. The Balaban J connectivity index is 2.10. The van der Waals surface area contributed by atoms with Crippen LogP contribution in [0.4, 0.5) is 9.93 Å². The molecule has 130 valence electrons. The number of halogens is 3. The largest absolute Gasteiger partial charge is 0.444 e. The van der Waals surface area contributed by atoms with Gasteiger partial charge < -0.3 is 9.72 Å². The zero-order chi connectivity index (χ0) is 18.1. The monoisotopic (exact) mass is 409 g/mol. The number of ether oxygens (including phenoxy) is 1. The molecule has 0 atom stereocenters. The van der Waals surface area contributed by atoms with Gasteiger partial charge in [-0.2, -0.15) is 0 Å². The van der Waals surface area contributed by atoms with Gasteiger partial charge in [0.15, 0.2) is 5.13 Å². The van der Waals surface area contributed by atoms with Crippen LogP contribution in [0.15, 0.2) is 17.6 Å². The van der Waals surface area contributed by atoms with Crippen molar-refractivity contribution in [3.05, 3.63) is 23.3 Å². The Morgan fingerprint density at radius 2 is 1.96 bits per heavy atom. The minimum Gasteiger partial charge on any atom is -0.444 e. The van der Waals surface area contributed by atoms with E-state index in [9.17, 15) is 9.59 Å². The number of alkyl halides is 3. The number of anilines is 1. The van der Waals surface area contributed by atoms with Gasteiger partial charge in [0.25, 0.3) is 3.79 Å². The number of thiazole rings is 1. The molecule has 0 spiro atoms. The molecule has 24 heavy (non-hydrogen) atoms. The molecule has 0 aromatic carbocycles. The standard InChI is InChI=1S/C14H14Cl3N3O3S/c1-13(2,3)23-12(22)20-11-19-9(6-24-11)7-4-8(18-5-7)10(21)14(15,16)17/h4-6,18H,1-3H3,(H,19,20,22). The summed E-state index contributed by atoms with van der Waals surface area (Å²) in [4.78, 5) is 30.6. The molecule has 6 nitrogen and oxygen atoms in total. The Morgan fingerprint density at radius 3 is 2.54 bits per heavy atom. The highest BCUT2D eigenvalue weighted by Gasteiger charge is 2.32. The second-order valence-electron chi connectivity index (χ2n) is 5.79. The summed E-state index contributed by atoms with van der Waals surface area (Å²) in [6, 6.07) is 1.52. The van der Waals surface area contributed by atoms with E-state index in [4.69, 9.17) is 39.5 Å². The fourth-order valence-corrected chi connectivity index (χ4v) is 2.69. The van der Waals surface area contributed by atoms with E-state index in [1.54, 1.807) is 32.3 Å². The first kappa shape index (κ1) is 19.1. The molecular weight excluding hydrogens is 397 g/mol. The zero-order valence-corrected chi connectivity index (χ0v) is 16.0. The molecule has 0 radical (unpaired) electrons. The van der Waals surface area contributed by atoms with Crippen molar-refractivity contribution in [1.29, 1.82) is 0 Å². The number of hydrogen-bond donors (Lipinski definition) is 2. The van der Waals surface area contributed by atoms with E-state index in [2.05, 4.69) is 15.3 Å². The van der Waals surface area contributed by atoms with E-state index < -0.39 is 21.3 Å². The van der Waals surface area contributed by atoms with Crippen LogP contribution < -0.4 is 5.32 Å². The quantitative estimate of drug-likeness (QED) is 0.548. The molecule has 0 aliphatic carbocycles. The van der Waals surface area contributed by atoms with Gasteiger partial charge in [0.1, 0.15) is 5.60 Å². The van der Waals surface area contributed by atoms with Crippen LogP contribution in [0, 0.1) is 0 Å². The number of amides is 1. The van der Waals surface area contributed by atoms with Crippen molar-refractivity contribution in [2.45, 2.75) is 30.2 Å². The Kier molecular flexibility index (Phi) is 5.49. The molecule has 10 heteroatoms. The Hall–Kier alpha value is -1.28. The molecule has 2 rings (SSSR count). The summed E-state index contributed by atoms with van der Waals surface area (Å²) < 4.78 is 3.12. The minimum atomic E-state index is -2.03. The van der Waals surface area contributed by atoms with Gasteiger partial charge in [0, 0.05) is 17.1 Å². The first-order valence-corrected chi connectivity index (χ1v) is 8.73. The molecule has 0 saturated heterocycles. The third kappa shape index (κ3) is 5.11. The fraction of sp³-hybridized carbons (Fsp3) is 0.357. The van der Waals surface area contributed by atoms with E-state index in [0.29, 0.717) is 16.4 Å². The van der Waals surface area contributed by atoms with Gasteiger partial charge in [-0.1, -0.05) is 34.8 Å². The number of nitrogens with zero attached hydrogens (tertiary/aromatic N) is 1.